The number of aliphatic hydroxyl groups excluding tert-OH is 1. The van der Waals surface area contributed by atoms with Gasteiger partial charge < -0.3 is 14.9 Å². The maximum atomic E-state index is 11.0. The zero-order valence-electron chi connectivity index (χ0n) is 9.39. The Labute approximate surface area is 94.7 Å². The smallest absolute Gasteiger partial charge is 0.331 e. The highest BCUT2D eigenvalue weighted by molar-refractivity contribution is 5.90. The zero-order chi connectivity index (χ0) is 12.4. The van der Waals surface area contributed by atoms with Crippen LogP contribution in [0.15, 0.2) is 12.2 Å². The summed E-state index contributed by atoms with van der Waals surface area (Å²) in [6.07, 6.45) is 3.97. The van der Waals surface area contributed by atoms with Gasteiger partial charge in [0.25, 0.3) is 0 Å². The fourth-order valence-corrected chi connectivity index (χ4v) is 1.17. The summed E-state index contributed by atoms with van der Waals surface area (Å²) in [6.45, 7) is 2.37. The first-order valence-electron chi connectivity index (χ1n) is 5.28. The van der Waals surface area contributed by atoms with Crippen molar-refractivity contribution in [3.05, 3.63) is 12.2 Å². The van der Waals surface area contributed by atoms with Crippen molar-refractivity contribution < 1.29 is 24.5 Å². The van der Waals surface area contributed by atoms with E-state index in [9.17, 15) is 9.59 Å². The van der Waals surface area contributed by atoms with Crippen LogP contribution in [0.3, 0.4) is 0 Å². The van der Waals surface area contributed by atoms with E-state index in [-0.39, 0.29) is 19.1 Å². The van der Waals surface area contributed by atoms with Crippen LogP contribution in [0.25, 0.3) is 0 Å². The van der Waals surface area contributed by atoms with Crippen LogP contribution in [-0.2, 0) is 14.3 Å². The lowest BCUT2D eigenvalue weighted by Crippen LogP contribution is -2.13. The van der Waals surface area contributed by atoms with E-state index in [1.165, 1.54) is 0 Å². The fraction of sp³-hybridized carbons (Fsp3) is 0.636. The quantitative estimate of drug-likeness (QED) is 0.479. The van der Waals surface area contributed by atoms with Gasteiger partial charge >= 0.3 is 11.9 Å². The highest BCUT2D eigenvalue weighted by atomic mass is 16.5. The molecule has 0 rings (SSSR count). The molecule has 0 aromatic carbocycles. The standard InChI is InChI=1S/C11H18O5/c1-2-9(4-3-7-12)8-16-11(15)6-5-10(13)14/h5-6,9,12H,2-4,7-8H2,1H3,(H,13,14). The van der Waals surface area contributed by atoms with Crippen LogP contribution < -0.4 is 0 Å². The molecular weight excluding hydrogens is 212 g/mol. The zero-order valence-corrected chi connectivity index (χ0v) is 9.39. The summed E-state index contributed by atoms with van der Waals surface area (Å²) in [7, 11) is 0. The number of rotatable bonds is 8. The molecule has 0 amide bonds. The molecule has 0 saturated heterocycles. The summed E-state index contributed by atoms with van der Waals surface area (Å²) in [5, 5.41) is 16.9. The molecule has 0 bridgehead atoms. The van der Waals surface area contributed by atoms with Crippen LogP contribution in [0.4, 0.5) is 0 Å². The topological polar surface area (TPSA) is 83.8 Å². The molecule has 0 aromatic heterocycles. The van der Waals surface area contributed by atoms with E-state index >= 15 is 0 Å². The van der Waals surface area contributed by atoms with E-state index in [0.717, 1.165) is 25.0 Å². The van der Waals surface area contributed by atoms with Crippen molar-refractivity contribution in [2.45, 2.75) is 26.2 Å². The number of carboxylic acids is 1. The Morgan fingerprint density at radius 2 is 2.06 bits per heavy atom. The van der Waals surface area contributed by atoms with Crippen molar-refractivity contribution in [3.63, 3.8) is 0 Å². The minimum Gasteiger partial charge on any atom is -0.478 e. The van der Waals surface area contributed by atoms with Gasteiger partial charge in [0, 0.05) is 18.8 Å². The van der Waals surface area contributed by atoms with E-state index in [1.54, 1.807) is 0 Å². The second-order valence-corrected chi connectivity index (χ2v) is 3.44. The number of aliphatic carboxylic acids is 1. The highest BCUT2D eigenvalue weighted by Crippen LogP contribution is 2.11. The maximum Gasteiger partial charge on any atom is 0.331 e. The summed E-state index contributed by atoms with van der Waals surface area (Å²) in [5.41, 5.74) is 0. The molecule has 1 atom stereocenters. The maximum absolute atomic E-state index is 11.0. The van der Waals surface area contributed by atoms with E-state index in [0.29, 0.717) is 6.42 Å². The van der Waals surface area contributed by atoms with Crippen LogP contribution in [-0.4, -0.2) is 35.4 Å². The first kappa shape index (κ1) is 14.6. The van der Waals surface area contributed by atoms with Crippen LogP contribution in [0, 0.1) is 5.92 Å². The predicted octanol–water partition coefficient (Wildman–Crippen LogP) is 0.969. The van der Waals surface area contributed by atoms with Gasteiger partial charge in [-0.1, -0.05) is 13.3 Å². The molecule has 92 valence electrons. The third-order valence-corrected chi connectivity index (χ3v) is 2.17. The molecule has 0 spiro atoms. The Hall–Kier alpha value is -1.36. The van der Waals surface area contributed by atoms with Gasteiger partial charge in [-0.05, 0) is 18.8 Å². The van der Waals surface area contributed by atoms with Crippen molar-refractivity contribution >= 4 is 11.9 Å². The Morgan fingerprint density at radius 1 is 1.38 bits per heavy atom. The van der Waals surface area contributed by atoms with Gasteiger partial charge in [0.2, 0.25) is 0 Å². The van der Waals surface area contributed by atoms with Gasteiger partial charge in [-0.3, -0.25) is 0 Å². The molecule has 5 nitrogen and oxygen atoms in total. The number of carboxylic acid groups (broad SMARTS) is 1. The second-order valence-electron chi connectivity index (χ2n) is 3.44. The third kappa shape index (κ3) is 7.99. The Balaban J connectivity index is 3.83. The third-order valence-electron chi connectivity index (χ3n) is 2.17. The fourth-order valence-electron chi connectivity index (χ4n) is 1.17. The minimum absolute atomic E-state index is 0.128. The molecule has 5 heteroatoms. The number of ether oxygens (including phenoxy) is 1. The van der Waals surface area contributed by atoms with Gasteiger partial charge in [-0.25, -0.2) is 9.59 Å². The van der Waals surface area contributed by atoms with Gasteiger partial charge in [-0.2, -0.15) is 0 Å². The first-order valence-corrected chi connectivity index (χ1v) is 5.28. The summed E-state index contributed by atoms with van der Waals surface area (Å²) in [6, 6.07) is 0. The average molecular weight is 230 g/mol. The van der Waals surface area contributed by atoms with E-state index in [2.05, 4.69) is 0 Å². The lowest BCUT2D eigenvalue weighted by molar-refractivity contribution is -0.140. The number of aliphatic hydroxyl groups is 1. The Kier molecular flexibility index (Phi) is 8.15. The van der Waals surface area contributed by atoms with Crippen molar-refractivity contribution in [2.75, 3.05) is 13.2 Å². The molecule has 0 radical (unpaired) electrons. The molecule has 0 heterocycles. The van der Waals surface area contributed by atoms with Gasteiger partial charge in [0.05, 0.1) is 6.61 Å². The number of carbonyl (C=O) groups excluding carboxylic acids is 1. The van der Waals surface area contributed by atoms with Gasteiger partial charge in [-0.15, -0.1) is 0 Å². The van der Waals surface area contributed by atoms with Crippen LogP contribution in [0.1, 0.15) is 26.2 Å². The van der Waals surface area contributed by atoms with E-state index < -0.39 is 11.9 Å². The predicted molar refractivity (Wildman–Crippen MR) is 57.8 cm³/mol. The lowest BCUT2D eigenvalue weighted by atomic mass is 10.0. The number of carbonyl (C=O) groups is 2. The summed E-state index contributed by atoms with van der Waals surface area (Å²) in [4.78, 5) is 21.1. The summed E-state index contributed by atoms with van der Waals surface area (Å²) in [5.74, 6) is -1.61. The molecule has 0 saturated carbocycles. The second kappa shape index (κ2) is 8.91. The molecule has 0 fully saturated rings. The van der Waals surface area contributed by atoms with E-state index in [4.69, 9.17) is 14.9 Å². The molecule has 0 aromatic rings. The van der Waals surface area contributed by atoms with Crippen molar-refractivity contribution in [1.29, 1.82) is 0 Å². The molecule has 0 aliphatic heterocycles. The van der Waals surface area contributed by atoms with Crippen LogP contribution in [0.5, 0.6) is 0 Å². The van der Waals surface area contributed by atoms with Crippen molar-refractivity contribution in [3.8, 4) is 0 Å². The highest BCUT2D eigenvalue weighted by Gasteiger charge is 2.08. The monoisotopic (exact) mass is 230 g/mol. The number of hydrogen-bond acceptors (Lipinski definition) is 4. The molecule has 16 heavy (non-hydrogen) atoms. The summed E-state index contributed by atoms with van der Waals surface area (Å²) < 4.78 is 4.87. The molecule has 2 N–H and O–H groups in total. The van der Waals surface area contributed by atoms with E-state index in [1.807, 2.05) is 6.92 Å². The van der Waals surface area contributed by atoms with Crippen LogP contribution in [0.2, 0.25) is 0 Å². The molecular formula is C11H18O5. The van der Waals surface area contributed by atoms with Gasteiger partial charge in [0.15, 0.2) is 0 Å². The molecule has 1 unspecified atom stereocenters. The first-order chi connectivity index (χ1) is 7.60. The van der Waals surface area contributed by atoms with Crippen molar-refractivity contribution in [2.24, 2.45) is 5.92 Å². The Bertz CT molecular complexity index is 247. The Morgan fingerprint density at radius 3 is 2.56 bits per heavy atom. The van der Waals surface area contributed by atoms with Gasteiger partial charge in [0.1, 0.15) is 0 Å². The minimum atomic E-state index is -1.18. The normalized spacial score (nSPS) is 12.6. The lowest BCUT2D eigenvalue weighted by Gasteiger charge is -2.13. The molecule has 0 aliphatic carbocycles. The van der Waals surface area contributed by atoms with Crippen LogP contribution >= 0.6 is 0 Å². The number of esters is 1. The largest absolute Gasteiger partial charge is 0.478 e. The number of hydrogen-bond donors (Lipinski definition) is 2. The molecule has 0 aliphatic rings. The van der Waals surface area contributed by atoms with Crippen molar-refractivity contribution in [1.82, 2.24) is 0 Å². The SMILES string of the molecule is CCC(CCCO)COC(=O)C=CC(=O)O. The average Bonchev–Trinajstić information content (AvgIpc) is 2.26. The summed E-state index contributed by atoms with van der Waals surface area (Å²) >= 11 is 0.